The molecule has 0 atom stereocenters. The Labute approximate surface area is 110 Å². The Hall–Kier alpha value is -1.35. The summed E-state index contributed by atoms with van der Waals surface area (Å²) in [6.45, 7) is 11.4. The van der Waals surface area contributed by atoms with Crippen molar-refractivity contribution < 1.29 is 4.79 Å². The van der Waals surface area contributed by atoms with E-state index in [0.29, 0.717) is 6.54 Å². The zero-order chi connectivity index (χ0) is 13.8. The van der Waals surface area contributed by atoms with Gasteiger partial charge in [-0.1, -0.05) is 19.1 Å². The van der Waals surface area contributed by atoms with Crippen LogP contribution in [0.4, 0.5) is 5.69 Å². The smallest absolute Gasteiger partial charge is 0.246 e. The number of nitrogens with zero attached hydrogens (tertiary/aromatic N) is 1. The molecule has 100 valence electrons. The van der Waals surface area contributed by atoms with Gasteiger partial charge in [0.05, 0.1) is 5.54 Å². The maximum atomic E-state index is 12.6. The molecule has 0 aliphatic rings. The van der Waals surface area contributed by atoms with Crippen LogP contribution in [0.1, 0.15) is 33.3 Å². The molecule has 0 aliphatic carbocycles. The Kier molecular flexibility index (Phi) is 4.91. The molecule has 0 aromatic heterocycles. The van der Waals surface area contributed by atoms with Gasteiger partial charge in [0.1, 0.15) is 0 Å². The molecular formula is C15H24N2O. The van der Waals surface area contributed by atoms with Gasteiger partial charge in [-0.05, 0) is 51.9 Å². The van der Waals surface area contributed by atoms with Gasteiger partial charge >= 0.3 is 0 Å². The van der Waals surface area contributed by atoms with Gasteiger partial charge in [0.25, 0.3) is 0 Å². The van der Waals surface area contributed by atoms with Gasteiger partial charge in [-0.15, -0.1) is 0 Å². The first kappa shape index (κ1) is 14.7. The van der Waals surface area contributed by atoms with Crippen molar-refractivity contribution in [1.29, 1.82) is 0 Å². The van der Waals surface area contributed by atoms with E-state index in [0.717, 1.165) is 12.2 Å². The molecule has 0 fully saturated rings. The van der Waals surface area contributed by atoms with Crippen molar-refractivity contribution in [3.05, 3.63) is 29.8 Å². The normalized spacial score (nSPS) is 11.4. The average molecular weight is 248 g/mol. The first-order valence-corrected chi connectivity index (χ1v) is 6.56. The lowest BCUT2D eigenvalue weighted by molar-refractivity contribution is -0.123. The van der Waals surface area contributed by atoms with Crippen LogP contribution in [0.2, 0.25) is 0 Å². The van der Waals surface area contributed by atoms with Crippen LogP contribution in [0.5, 0.6) is 0 Å². The molecule has 0 spiro atoms. The van der Waals surface area contributed by atoms with E-state index in [1.807, 2.05) is 63.8 Å². The number of rotatable bonds is 5. The minimum Gasteiger partial charge on any atom is -0.311 e. The number of amides is 1. The predicted octanol–water partition coefficient (Wildman–Crippen LogP) is 2.74. The highest BCUT2D eigenvalue weighted by Crippen LogP contribution is 2.19. The maximum absolute atomic E-state index is 12.6. The van der Waals surface area contributed by atoms with Crippen LogP contribution in [-0.4, -0.2) is 24.5 Å². The number of nitrogens with one attached hydrogen (secondary N) is 1. The average Bonchev–Trinajstić information content (AvgIpc) is 2.30. The van der Waals surface area contributed by atoms with Gasteiger partial charge in [-0.2, -0.15) is 0 Å². The summed E-state index contributed by atoms with van der Waals surface area (Å²) >= 11 is 0. The molecule has 1 N–H and O–H groups in total. The summed E-state index contributed by atoms with van der Waals surface area (Å²) in [5, 5.41) is 3.23. The molecule has 0 aliphatic heterocycles. The van der Waals surface area contributed by atoms with Gasteiger partial charge in [0.2, 0.25) is 5.91 Å². The highest BCUT2D eigenvalue weighted by molar-refractivity contribution is 5.99. The SMILES string of the molecule is CCNC(C)(C)C(=O)N(CC)c1cccc(C)c1. The van der Waals surface area contributed by atoms with Gasteiger partial charge in [-0.25, -0.2) is 0 Å². The van der Waals surface area contributed by atoms with Gasteiger partial charge in [-0.3, -0.25) is 4.79 Å². The fourth-order valence-corrected chi connectivity index (χ4v) is 2.09. The summed E-state index contributed by atoms with van der Waals surface area (Å²) < 4.78 is 0. The highest BCUT2D eigenvalue weighted by atomic mass is 16.2. The third kappa shape index (κ3) is 3.33. The van der Waals surface area contributed by atoms with E-state index in [-0.39, 0.29) is 5.91 Å². The first-order valence-electron chi connectivity index (χ1n) is 6.56. The summed E-state index contributed by atoms with van der Waals surface area (Å²) in [7, 11) is 0. The highest BCUT2D eigenvalue weighted by Gasteiger charge is 2.31. The van der Waals surface area contributed by atoms with E-state index >= 15 is 0 Å². The monoisotopic (exact) mass is 248 g/mol. The van der Waals surface area contributed by atoms with Crippen LogP contribution in [0, 0.1) is 6.92 Å². The number of anilines is 1. The third-order valence-electron chi connectivity index (χ3n) is 3.03. The lowest BCUT2D eigenvalue weighted by Crippen LogP contribution is -2.54. The number of likely N-dealkylation sites (N-methyl/N-ethyl adjacent to an activating group) is 2. The van der Waals surface area contributed by atoms with Crippen molar-refractivity contribution in [1.82, 2.24) is 5.32 Å². The van der Waals surface area contributed by atoms with E-state index in [4.69, 9.17) is 0 Å². The molecule has 0 radical (unpaired) electrons. The molecule has 1 aromatic carbocycles. The lowest BCUT2D eigenvalue weighted by atomic mass is 10.0. The summed E-state index contributed by atoms with van der Waals surface area (Å²) in [6.07, 6.45) is 0. The minimum atomic E-state index is -0.533. The summed E-state index contributed by atoms with van der Waals surface area (Å²) in [6, 6.07) is 8.05. The van der Waals surface area contributed by atoms with Crippen LogP contribution in [-0.2, 0) is 4.79 Å². The van der Waals surface area contributed by atoms with Crippen LogP contribution >= 0.6 is 0 Å². The van der Waals surface area contributed by atoms with Crippen molar-refractivity contribution in [3.8, 4) is 0 Å². The Morgan fingerprint density at radius 2 is 2.00 bits per heavy atom. The zero-order valence-electron chi connectivity index (χ0n) is 12.1. The van der Waals surface area contributed by atoms with Crippen molar-refractivity contribution in [2.45, 2.75) is 40.2 Å². The van der Waals surface area contributed by atoms with Crippen molar-refractivity contribution in [2.24, 2.45) is 0 Å². The Morgan fingerprint density at radius 1 is 1.33 bits per heavy atom. The molecule has 1 rings (SSSR count). The Bertz CT molecular complexity index is 413. The van der Waals surface area contributed by atoms with E-state index in [1.165, 1.54) is 5.56 Å². The fourth-order valence-electron chi connectivity index (χ4n) is 2.09. The fraction of sp³-hybridized carbons (Fsp3) is 0.533. The second-order valence-corrected chi connectivity index (χ2v) is 5.04. The Morgan fingerprint density at radius 3 is 2.50 bits per heavy atom. The van der Waals surface area contributed by atoms with Crippen molar-refractivity contribution in [3.63, 3.8) is 0 Å². The quantitative estimate of drug-likeness (QED) is 0.869. The number of aryl methyl sites for hydroxylation is 1. The van der Waals surface area contributed by atoms with Crippen molar-refractivity contribution >= 4 is 11.6 Å². The van der Waals surface area contributed by atoms with E-state index in [2.05, 4.69) is 5.32 Å². The lowest BCUT2D eigenvalue weighted by Gasteiger charge is -2.32. The van der Waals surface area contributed by atoms with Crippen molar-refractivity contribution in [2.75, 3.05) is 18.0 Å². The van der Waals surface area contributed by atoms with E-state index < -0.39 is 5.54 Å². The van der Waals surface area contributed by atoms with Crippen LogP contribution in [0.25, 0.3) is 0 Å². The molecule has 0 saturated heterocycles. The molecule has 3 heteroatoms. The second kappa shape index (κ2) is 6.01. The van der Waals surface area contributed by atoms with E-state index in [1.54, 1.807) is 0 Å². The summed E-state index contributed by atoms with van der Waals surface area (Å²) in [4.78, 5) is 14.4. The Balaban J connectivity index is 3.00. The molecule has 18 heavy (non-hydrogen) atoms. The van der Waals surface area contributed by atoms with Gasteiger partial charge < -0.3 is 10.2 Å². The van der Waals surface area contributed by atoms with Crippen LogP contribution in [0.15, 0.2) is 24.3 Å². The minimum absolute atomic E-state index is 0.109. The molecule has 0 bridgehead atoms. The number of carbonyl (C=O) groups excluding carboxylic acids is 1. The third-order valence-corrected chi connectivity index (χ3v) is 3.03. The standard InChI is InChI=1S/C15H24N2O/c1-6-16-15(4,5)14(18)17(7-2)13-10-8-9-12(3)11-13/h8-11,16H,6-7H2,1-5H3. The molecular weight excluding hydrogens is 224 g/mol. The van der Waals surface area contributed by atoms with Gasteiger partial charge in [0, 0.05) is 12.2 Å². The summed E-state index contributed by atoms with van der Waals surface area (Å²) in [5.74, 6) is 0.109. The zero-order valence-corrected chi connectivity index (χ0v) is 12.1. The first-order chi connectivity index (χ1) is 8.42. The number of hydrogen-bond acceptors (Lipinski definition) is 2. The van der Waals surface area contributed by atoms with E-state index in [9.17, 15) is 4.79 Å². The molecule has 0 heterocycles. The number of carbonyl (C=O) groups is 1. The summed E-state index contributed by atoms with van der Waals surface area (Å²) in [5.41, 5.74) is 1.60. The largest absolute Gasteiger partial charge is 0.311 e. The molecule has 1 aromatic rings. The molecule has 0 unspecified atom stereocenters. The molecule has 1 amide bonds. The molecule has 3 nitrogen and oxygen atoms in total. The van der Waals surface area contributed by atoms with Gasteiger partial charge in [0.15, 0.2) is 0 Å². The van der Waals surface area contributed by atoms with Crippen LogP contribution < -0.4 is 10.2 Å². The topological polar surface area (TPSA) is 32.3 Å². The predicted molar refractivity (Wildman–Crippen MR) is 77.0 cm³/mol. The van der Waals surface area contributed by atoms with Crippen LogP contribution in [0.3, 0.4) is 0 Å². The number of benzene rings is 1. The second-order valence-electron chi connectivity index (χ2n) is 5.04. The maximum Gasteiger partial charge on any atom is 0.246 e. The number of hydrogen-bond donors (Lipinski definition) is 1. The molecule has 0 saturated carbocycles.